The molecule has 4 rings (SSSR count). The third-order valence-electron chi connectivity index (χ3n) is 10.4. The Bertz CT molecular complexity index is 1080. The summed E-state index contributed by atoms with van der Waals surface area (Å²) in [5.74, 6) is 3.06. The third-order valence-corrected chi connectivity index (χ3v) is 15.5. The van der Waals surface area contributed by atoms with Crippen molar-refractivity contribution in [3.05, 3.63) is 47.1 Å². The van der Waals surface area contributed by atoms with Gasteiger partial charge in [0.15, 0.2) is 0 Å². The van der Waals surface area contributed by atoms with Crippen molar-refractivity contribution in [2.75, 3.05) is 7.11 Å². The molecule has 3 aliphatic carbocycles. The minimum absolute atomic E-state index is 0.127. The summed E-state index contributed by atoms with van der Waals surface area (Å²) in [6.07, 6.45) is 14.5. The van der Waals surface area contributed by atoms with Gasteiger partial charge in [0, 0.05) is 16.5 Å². The Morgan fingerprint density at radius 3 is 2.05 bits per heavy atom. The maximum atomic E-state index is 5.80. The van der Waals surface area contributed by atoms with Gasteiger partial charge in [-0.1, -0.05) is 77.8 Å². The lowest BCUT2D eigenvalue weighted by Gasteiger charge is -2.57. The first-order valence-corrected chi connectivity index (χ1v) is 19.1. The predicted octanol–water partition coefficient (Wildman–Crippen LogP) is 10.4. The number of rotatable bonds is 9. The van der Waals surface area contributed by atoms with E-state index in [0.717, 1.165) is 17.2 Å². The molecular formula is C36H59NOSi. The van der Waals surface area contributed by atoms with E-state index in [4.69, 9.17) is 4.74 Å². The van der Waals surface area contributed by atoms with E-state index in [1.165, 1.54) is 50.5 Å². The van der Waals surface area contributed by atoms with E-state index < -0.39 is 8.24 Å². The molecule has 1 fully saturated rings. The highest BCUT2D eigenvalue weighted by molar-refractivity contribution is 6.76. The quantitative estimate of drug-likeness (QED) is 0.284. The normalized spacial score (nSPS) is 26.2. The van der Waals surface area contributed by atoms with Crippen molar-refractivity contribution >= 4 is 13.8 Å². The molecular weight excluding hydrogens is 490 g/mol. The van der Waals surface area contributed by atoms with Gasteiger partial charge in [0.2, 0.25) is 0 Å². The summed E-state index contributed by atoms with van der Waals surface area (Å²) < 4.78 is 8.77. The van der Waals surface area contributed by atoms with E-state index >= 15 is 0 Å². The van der Waals surface area contributed by atoms with Gasteiger partial charge in [-0.3, -0.25) is 0 Å². The van der Waals surface area contributed by atoms with Gasteiger partial charge in [-0.2, -0.15) is 0 Å². The molecule has 3 aliphatic rings. The zero-order chi connectivity index (χ0) is 29.0. The summed E-state index contributed by atoms with van der Waals surface area (Å²) in [5.41, 5.74) is 7.47. The highest BCUT2D eigenvalue weighted by atomic mass is 28.3. The molecule has 0 N–H and O–H groups in total. The van der Waals surface area contributed by atoms with Crippen LogP contribution in [0.3, 0.4) is 0 Å². The van der Waals surface area contributed by atoms with E-state index in [2.05, 4.69) is 110 Å². The van der Waals surface area contributed by atoms with Crippen LogP contribution in [0.4, 0.5) is 0 Å². The average molecular weight is 550 g/mol. The van der Waals surface area contributed by atoms with Crippen molar-refractivity contribution in [1.29, 1.82) is 0 Å². The van der Waals surface area contributed by atoms with Crippen molar-refractivity contribution in [3.63, 3.8) is 0 Å². The number of unbranched alkanes of at least 4 members (excludes halogenated alkanes) is 2. The molecule has 0 bridgehead atoms. The maximum absolute atomic E-state index is 5.80. The molecule has 0 aliphatic heterocycles. The number of hydrogen-bond acceptors (Lipinski definition) is 2. The van der Waals surface area contributed by atoms with E-state index in [-0.39, 0.29) is 16.5 Å². The second-order valence-corrected chi connectivity index (χ2v) is 20.1. The van der Waals surface area contributed by atoms with Gasteiger partial charge in [0.1, 0.15) is 14.0 Å². The van der Waals surface area contributed by atoms with Crippen molar-refractivity contribution in [1.82, 2.24) is 4.57 Å². The molecule has 0 saturated heterocycles. The van der Waals surface area contributed by atoms with Crippen LogP contribution in [-0.4, -0.2) is 31.0 Å². The standard InChI is InChI=1S/C36H59NOSi/c1-13-15-19-36(20-16-14-2)31-23-27(38-10)17-18-28(31)30-22-26-21-25(3)33(29(26)24-32(30)36)39(11,12)37(34(4,5)6)35(7,8)9/h17-18,22-26,29,33H,13-16,19-21H2,1-12H3. The van der Waals surface area contributed by atoms with E-state index in [1.807, 2.05) is 7.11 Å². The highest BCUT2D eigenvalue weighted by Crippen LogP contribution is 2.63. The lowest BCUT2D eigenvalue weighted by molar-refractivity contribution is 0.121. The third kappa shape index (κ3) is 5.25. The molecule has 1 aromatic carbocycles. The van der Waals surface area contributed by atoms with Crippen LogP contribution < -0.4 is 4.74 Å². The predicted molar refractivity (Wildman–Crippen MR) is 173 cm³/mol. The first kappa shape index (κ1) is 30.6. The molecule has 0 amide bonds. The van der Waals surface area contributed by atoms with Gasteiger partial charge >= 0.3 is 0 Å². The van der Waals surface area contributed by atoms with Gasteiger partial charge in [-0.05, 0) is 119 Å². The molecule has 218 valence electrons. The van der Waals surface area contributed by atoms with Crippen molar-refractivity contribution in [3.8, 4) is 5.75 Å². The maximum Gasteiger partial charge on any atom is 0.127 e. The van der Waals surface area contributed by atoms with Gasteiger partial charge in [0.25, 0.3) is 0 Å². The molecule has 1 saturated carbocycles. The molecule has 4 unspecified atom stereocenters. The molecule has 1 aromatic rings. The smallest absolute Gasteiger partial charge is 0.127 e. The van der Waals surface area contributed by atoms with E-state index in [9.17, 15) is 0 Å². The molecule has 3 heteroatoms. The van der Waals surface area contributed by atoms with Crippen LogP contribution in [0.1, 0.15) is 118 Å². The molecule has 0 heterocycles. The Kier molecular flexibility index (Phi) is 8.50. The zero-order valence-electron chi connectivity index (χ0n) is 27.5. The Morgan fingerprint density at radius 2 is 1.54 bits per heavy atom. The lowest BCUT2D eigenvalue weighted by atomic mass is 9.68. The first-order valence-electron chi connectivity index (χ1n) is 16.1. The number of ether oxygens (including phenoxy) is 1. The Labute approximate surface area is 242 Å². The molecule has 4 atom stereocenters. The lowest BCUT2D eigenvalue weighted by Crippen LogP contribution is -2.67. The monoisotopic (exact) mass is 549 g/mol. The molecule has 0 spiro atoms. The van der Waals surface area contributed by atoms with Crippen molar-refractivity contribution < 1.29 is 4.74 Å². The van der Waals surface area contributed by atoms with Crippen LogP contribution in [0.5, 0.6) is 5.75 Å². The van der Waals surface area contributed by atoms with E-state index in [1.54, 1.807) is 16.7 Å². The summed E-state index contributed by atoms with van der Waals surface area (Å²) in [5, 5.41) is 0. The average Bonchev–Trinajstić information content (AvgIpc) is 3.29. The Morgan fingerprint density at radius 1 is 0.949 bits per heavy atom. The summed E-state index contributed by atoms with van der Waals surface area (Å²) in [6, 6.07) is 6.97. The van der Waals surface area contributed by atoms with Gasteiger partial charge < -0.3 is 9.30 Å². The number of fused-ring (bicyclic) bond motifs is 4. The fraction of sp³-hybridized carbons (Fsp3) is 0.722. The summed E-state index contributed by atoms with van der Waals surface area (Å²) in [6.45, 7) is 27.4. The minimum atomic E-state index is -1.84. The van der Waals surface area contributed by atoms with Gasteiger partial charge in [0.05, 0.1) is 7.11 Å². The second-order valence-electron chi connectivity index (χ2n) is 15.7. The number of methoxy groups -OCH3 is 1. The van der Waals surface area contributed by atoms with Crippen LogP contribution in [0.25, 0.3) is 5.57 Å². The zero-order valence-corrected chi connectivity index (χ0v) is 28.5. The first-order chi connectivity index (χ1) is 18.1. The second kappa shape index (κ2) is 10.8. The van der Waals surface area contributed by atoms with Crippen LogP contribution in [-0.2, 0) is 5.41 Å². The van der Waals surface area contributed by atoms with Crippen molar-refractivity contribution in [2.45, 2.75) is 142 Å². The fourth-order valence-electron chi connectivity index (χ4n) is 10.1. The largest absolute Gasteiger partial charge is 0.497 e. The van der Waals surface area contributed by atoms with Gasteiger partial charge in [-0.15, -0.1) is 0 Å². The Balaban J connectivity index is 1.89. The van der Waals surface area contributed by atoms with Gasteiger partial charge in [-0.25, -0.2) is 0 Å². The van der Waals surface area contributed by atoms with Crippen LogP contribution in [0.15, 0.2) is 35.9 Å². The summed E-state index contributed by atoms with van der Waals surface area (Å²) in [4.78, 5) is 0. The van der Waals surface area contributed by atoms with Crippen LogP contribution in [0, 0.1) is 17.8 Å². The topological polar surface area (TPSA) is 12.5 Å². The molecule has 0 radical (unpaired) electrons. The highest BCUT2D eigenvalue weighted by Gasteiger charge is 2.57. The Hall–Kier alpha value is -1.32. The van der Waals surface area contributed by atoms with Crippen LogP contribution in [0.2, 0.25) is 18.6 Å². The molecule has 2 nitrogen and oxygen atoms in total. The van der Waals surface area contributed by atoms with Crippen molar-refractivity contribution in [2.24, 2.45) is 17.8 Å². The summed E-state index contributed by atoms with van der Waals surface area (Å²) in [7, 11) is -0.0172. The fourth-order valence-corrected chi connectivity index (χ4v) is 16.7. The number of benzene rings is 1. The van der Waals surface area contributed by atoms with Crippen LogP contribution >= 0.6 is 0 Å². The number of nitrogens with zero attached hydrogens (tertiary/aromatic N) is 1. The minimum Gasteiger partial charge on any atom is -0.497 e. The molecule has 39 heavy (non-hydrogen) atoms. The van der Waals surface area contributed by atoms with E-state index in [0.29, 0.717) is 11.8 Å². The number of allylic oxidation sites excluding steroid dienone is 4. The SMILES string of the molecule is CCCCC1(CCCC)C2=CC3C(C=C2c2ccc(OC)cc21)CC(C)C3[Si](C)(C)N(C(C)(C)C)C(C)(C)C. The summed E-state index contributed by atoms with van der Waals surface area (Å²) >= 11 is 0. The number of hydrogen-bond donors (Lipinski definition) is 0. The molecule has 0 aromatic heterocycles.